The van der Waals surface area contributed by atoms with Gasteiger partial charge in [-0.1, -0.05) is 6.42 Å². The Bertz CT molecular complexity index is 179. The maximum atomic E-state index is 11.7. The third-order valence-corrected chi connectivity index (χ3v) is 2.43. The van der Waals surface area contributed by atoms with E-state index in [-0.39, 0.29) is 18.0 Å². The standard InChI is InChI=1S/C10H20N2O2/c1-8(7-14-2)12-10(13)9-5-3-4-6-11-9/h8-9,11H,3-7H2,1-2H3,(H,12,13)/t8?,9-/m0/s1. The molecule has 0 aromatic heterocycles. The first-order valence-corrected chi connectivity index (χ1v) is 5.26. The lowest BCUT2D eigenvalue weighted by atomic mass is 10.0. The summed E-state index contributed by atoms with van der Waals surface area (Å²) in [5.41, 5.74) is 0. The number of ether oxygens (including phenoxy) is 1. The number of carbonyl (C=O) groups excluding carboxylic acids is 1. The van der Waals surface area contributed by atoms with Crippen molar-refractivity contribution in [2.24, 2.45) is 0 Å². The van der Waals surface area contributed by atoms with Crippen LogP contribution >= 0.6 is 0 Å². The van der Waals surface area contributed by atoms with Crippen LogP contribution in [0.2, 0.25) is 0 Å². The van der Waals surface area contributed by atoms with Crippen LogP contribution in [0.4, 0.5) is 0 Å². The fourth-order valence-corrected chi connectivity index (χ4v) is 1.71. The fourth-order valence-electron chi connectivity index (χ4n) is 1.71. The summed E-state index contributed by atoms with van der Waals surface area (Å²) in [6.07, 6.45) is 3.27. The zero-order valence-electron chi connectivity index (χ0n) is 9.01. The average molecular weight is 200 g/mol. The van der Waals surface area contributed by atoms with Crippen molar-refractivity contribution >= 4 is 5.91 Å². The number of hydrogen-bond donors (Lipinski definition) is 2. The zero-order valence-corrected chi connectivity index (χ0v) is 9.01. The van der Waals surface area contributed by atoms with Crippen molar-refractivity contribution in [3.8, 4) is 0 Å². The number of piperidine rings is 1. The van der Waals surface area contributed by atoms with Gasteiger partial charge in [0.2, 0.25) is 5.91 Å². The Morgan fingerprint density at radius 3 is 3.00 bits per heavy atom. The van der Waals surface area contributed by atoms with Gasteiger partial charge in [0.25, 0.3) is 0 Å². The maximum absolute atomic E-state index is 11.7. The molecule has 2 atom stereocenters. The monoisotopic (exact) mass is 200 g/mol. The molecule has 2 N–H and O–H groups in total. The number of nitrogens with one attached hydrogen (secondary N) is 2. The molecule has 1 unspecified atom stereocenters. The Morgan fingerprint density at radius 2 is 2.43 bits per heavy atom. The molecule has 1 heterocycles. The molecule has 0 radical (unpaired) electrons. The summed E-state index contributed by atoms with van der Waals surface area (Å²) in [6, 6.07) is 0.0966. The fraction of sp³-hybridized carbons (Fsp3) is 0.900. The summed E-state index contributed by atoms with van der Waals surface area (Å²) in [5, 5.41) is 6.14. The Morgan fingerprint density at radius 1 is 1.64 bits per heavy atom. The molecule has 82 valence electrons. The van der Waals surface area contributed by atoms with Crippen molar-refractivity contribution in [3.05, 3.63) is 0 Å². The molecular weight excluding hydrogens is 180 g/mol. The zero-order chi connectivity index (χ0) is 10.4. The van der Waals surface area contributed by atoms with Crippen molar-refractivity contribution in [2.45, 2.75) is 38.3 Å². The maximum Gasteiger partial charge on any atom is 0.237 e. The van der Waals surface area contributed by atoms with Crippen LogP contribution in [0.1, 0.15) is 26.2 Å². The Kier molecular flexibility index (Phi) is 4.90. The first-order chi connectivity index (χ1) is 6.74. The number of methoxy groups -OCH3 is 1. The van der Waals surface area contributed by atoms with Crippen molar-refractivity contribution < 1.29 is 9.53 Å². The van der Waals surface area contributed by atoms with E-state index in [9.17, 15) is 4.79 Å². The molecular formula is C10H20N2O2. The number of hydrogen-bond acceptors (Lipinski definition) is 3. The molecule has 0 spiro atoms. The molecule has 0 aromatic rings. The van der Waals surface area contributed by atoms with Crippen molar-refractivity contribution in [1.29, 1.82) is 0 Å². The minimum atomic E-state index is 0.00283. The van der Waals surface area contributed by atoms with Gasteiger partial charge in [-0.05, 0) is 26.3 Å². The van der Waals surface area contributed by atoms with Gasteiger partial charge in [0.1, 0.15) is 0 Å². The number of rotatable bonds is 4. The highest BCUT2D eigenvalue weighted by Crippen LogP contribution is 2.06. The first kappa shape index (κ1) is 11.5. The largest absolute Gasteiger partial charge is 0.383 e. The molecule has 0 bridgehead atoms. The van der Waals surface area contributed by atoms with Gasteiger partial charge in [0.05, 0.1) is 12.6 Å². The summed E-state index contributed by atoms with van der Waals surface area (Å²) >= 11 is 0. The summed E-state index contributed by atoms with van der Waals surface area (Å²) < 4.78 is 4.96. The predicted octanol–water partition coefficient (Wildman–Crippen LogP) is 0.280. The second-order valence-electron chi connectivity index (χ2n) is 3.87. The van der Waals surface area contributed by atoms with Crippen LogP contribution in [0, 0.1) is 0 Å². The van der Waals surface area contributed by atoms with E-state index in [1.165, 1.54) is 6.42 Å². The summed E-state index contributed by atoms with van der Waals surface area (Å²) in [7, 11) is 1.64. The van der Waals surface area contributed by atoms with Gasteiger partial charge in [-0.2, -0.15) is 0 Å². The first-order valence-electron chi connectivity index (χ1n) is 5.26. The van der Waals surface area contributed by atoms with E-state index in [1.54, 1.807) is 7.11 Å². The molecule has 0 aromatic carbocycles. The molecule has 1 rings (SSSR count). The third kappa shape index (κ3) is 3.64. The number of carbonyl (C=O) groups is 1. The van der Waals surface area contributed by atoms with Gasteiger partial charge < -0.3 is 15.4 Å². The molecule has 0 aliphatic carbocycles. The highest BCUT2D eigenvalue weighted by molar-refractivity contribution is 5.82. The van der Waals surface area contributed by atoms with Crippen LogP contribution in [0.5, 0.6) is 0 Å². The predicted molar refractivity (Wildman–Crippen MR) is 55.1 cm³/mol. The van der Waals surface area contributed by atoms with Crippen LogP contribution < -0.4 is 10.6 Å². The molecule has 14 heavy (non-hydrogen) atoms. The van der Waals surface area contributed by atoms with Crippen LogP contribution in [0.25, 0.3) is 0 Å². The Balaban J connectivity index is 2.25. The molecule has 1 saturated heterocycles. The quantitative estimate of drug-likeness (QED) is 0.685. The van der Waals surface area contributed by atoms with Gasteiger partial charge in [0, 0.05) is 13.2 Å². The van der Waals surface area contributed by atoms with Crippen LogP contribution in [0.15, 0.2) is 0 Å². The molecule has 1 aliphatic heterocycles. The van der Waals surface area contributed by atoms with E-state index in [2.05, 4.69) is 10.6 Å². The lowest BCUT2D eigenvalue weighted by Crippen LogP contribution is -2.49. The van der Waals surface area contributed by atoms with E-state index in [0.717, 1.165) is 19.4 Å². The van der Waals surface area contributed by atoms with Crippen molar-refractivity contribution in [3.63, 3.8) is 0 Å². The van der Waals surface area contributed by atoms with E-state index >= 15 is 0 Å². The molecule has 1 aliphatic rings. The minimum absolute atomic E-state index is 0.00283. The molecule has 1 fully saturated rings. The Hall–Kier alpha value is -0.610. The summed E-state index contributed by atoms with van der Waals surface area (Å²) in [5.74, 6) is 0.106. The molecule has 4 nitrogen and oxygen atoms in total. The van der Waals surface area contributed by atoms with E-state index in [0.29, 0.717) is 6.61 Å². The van der Waals surface area contributed by atoms with Gasteiger partial charge in [-0.25, -0.2) is 0 Å². The van der Waals surface area contributed by atoms with Gasteiger partial charge >= 0.3 is 0 Å². The third-order valence-electron chi connectivity index (χ3n) is 2.43. The number of amides is 1. The van der Waals surface area contributed by atoms with Crippen LogP contribution in [0.3, 0.4) is 0 Å². The second-order valence-corrected chi connectivity index (χ2v) is 3.87. The SMILES string of the molecule is COCC(C)NC(=O)[C@@H]1CCCCN1. The van der Waals surface area contributed by atoms with E-state index in [1.807, 2.05) is 6.92 Å². The van der Waals surface area contributed by atoms with E-state index < -0.39 is 0 Å². The highest BCUT2D eigenvalue weighted by atomic mass is 16.5. The highest BCUT2D eigenvalue weighted by Gasteiger charge is 2.21. The van der Waals surface area contributed by atoms with Crippen molar-refractivity contribution in [1.82, 2.24) is 10.6 Å². The lowest BCUT2D eigenvalue weighted by Gasteiger charge is -2.24. The smallest absolute Gasteiger partial charge is 0.237 e. The van der Waals surface area contributed by atoms with Crippen molar-refractivity contribution in [2.75, 3.05) is 20.3 Å². The van der Waals surface area contributed by atoms with Gasteiger partial charge in [-0.3, -0.25) is 4.79 Å². The Labute approximate surface area is 85.4 Å². The molecule has 4 heteroatoms. The summed E-state index contributed by atoms with van der Waals surface area (Å²) in [6.45, 7) is 3.47. The summed E-state index contributed by atoms with van der Waals surface area (Å²) in [4.78, 5) is 11.7. The second kappa shape index (κ2) is 5.98. The van der Waals surface area contributed by atoms with Crippen LogP contribution in [-0.2, 0) is 9.53 Å². The minimum Gasteiger partial charge on any atom is -0.383 e. The normalized spacial score (nSPS) is 24.3. The lowest BCUT2D eigenvalue weighted by molar-refractivity contribution is -0.124. The van der Waals surface area contributed by atoms with Gasteiger partial charge in [-0.15, -0.1) is 0 Å². The topological polar surface area (TPSA) is 50.4 Å². The van der Waals surface area contributed by atoms with E-state index in [4.69, 9.17) is 4.74 Å². The van der Waals surface area contributed by atoms with Gasteiger partial charge in [0.15, 0.2) is 0 Å². The van der Waals surface area contributed by atoms with Crippen LogP contribution in [-0.4, -0.2) is 38.3 Å². The molecule has 0 saturated carbocycles. The molecule has 1 amide bonds. The average Bonchev–Trinajstić information content (AvgIpc) is 2.19.